The number of aromatic hydroxyl groups is 1. The maximum atomic E-state index is 12.5. The van der Waals surface area contributed by atoms with Crippen LogP contribution >= 0.6 is 0 Å². The van der Waals surface area contributed by atoms with Crippen LogP contribution in [0.3, 0.4) is 0 Å². The van der Waals surface area contributed by atoms with E-state index in [1.165, 1.54) is 0 Å². The summed E-state index contributed by atoms with van der Waals surface area (Å²) in [4.78, 5) is 14.3. The van der Waals surface area contributed by atoms with E-state index in [0.29, 0.717) is 17.7 Å². The van der Waals surface area contributed by atoms with E-state index in [9.17, 15) is 9.90 Å². The van der Waals surface area contributed by atoms with Gasteiger partial charge in [0.25, 0.3) is 5.91 Å². The molecule has 104 valence electrons. The first-order valence-electron chi connectivity index (χ1n) is 6.85. The fourth-order valence-electron chi connectivity index (χ4n) is 2.73. The highest BCUT2D eigenvalue weighted by atomic mass is 16.3. The van der Waals surface area contributed by atoms with Crippen LogP contribution in [0.2, 0.25) is 0 Å². The molecule has 1 fully saturated rings. The summed E-state index contributed by atoms with van der Waals surface area (Å²) in [5.74, 6) is 0.148. The fraction of sp³-hybridized carbons (Fsp3) is 0.533. The van der Waals surface area contributed by atoms with Crippen molar-refractivity contribution in [1.82, 2.24) is 4.90 Å². The molecule has 2 N–H and O–H groups in total. The van der Waals surface area contributed by atoms with E-state index < -0.39 is 0 Å². The Balaban J connectivity index is 2.20. The van der Waals surface area contributed by atoms with Gasteiger partial charge in [-0.1, -0.05) is 12.8 Å². The number of hydrogen-bond acceptors (Lipinski definition) is 3. The lowest BCUT2D eigenvalue weighted by Gasteiger charge is -2.28. The van der Waals surface area contributed by atoms with Crippen molar-refractivity contribution in [3.63, 3.8) is 0 Å². The average molecular weight is 263 g/mol. The van der Waals surface area contributed by atoms with Gasteiger partial charge in [0.05, 0.1) is 6.61 Å². The van der Waals surface area contributed by atoms with E-state index in [1.54, 1.807) is 30.0 Å². The molecule has 0 heterocycles. The first-order valence-corrected chi connectivity index (χ1v) is 6.85. The number of nitrogens with zero attached hydrogens (tertiary/aromatic N) is 1. The van der Waals surface area contributed by atoms with Crippen LogP contribution in [0.5, 0.6) is 5.75 Å². The number of carbonyl (C=O) groups is 1. The molecule has 1 aromatic rings. The van der Waals surface area contributed by atoms with Gasteiger partial charge in [-0.3, -0.25) is 4.79 Å². The zero-order valence-electron chi connectivity index (χ0n) is 11.3. The lowest BCUT2D eigenvalue weighted by molar-refractivity contribution is 0.0638. The standard InChI is InChI=1S/C15H21NO3/c1-11-10-12(6-7-14(11)18)15(19)16(8-9-17)13-4-2-3-5-13/h6-7,10,13,17-18H,2-5,8-9H2,1H3. The van der Waals surface area contributed by atoms with Crippen molar-refractivity contribution in [1.29, 1.82) is 0 Å². The molecule has 1 aromatic carbocycles. The summed E-state index contributed by atoms with van der Waals surface area (Å²) in [7, 11) is 0. The minimum Gasteiger partial charge on any atom is -0.508 e. The molecular weight excluding hydrogens is 242 g/mol. The summed E-state index contributed by atoms with van der Waals surface area (Å²) in [6.45, 7) is 2.14. The third kappa shape index (κ3) is 3.07. The monoisotopic (exact) mass is 263 g/mol. The van der Waals surface area contributed by atoms with Crippen LogP contribution in [-0.4, -0.2) is 40.2 Å². The summed E-state index contributed by atoms with van der Waals surface area (Å²) in [6.07, 6.45) is 4.33. The summed E-state index contributed by atoms with van der Waals surface area (Å²) in [6, 6.07) is 5.14. The lowest BCUT2D eigenvalue weighted by atomic mass is 10.1. The van der Waals surface area contributed by atoms with Gasteiger partial charge < -0.3 is 15.1 Å². The normalized spacial score (nSPS) is 15.7. The highest BCUT2D eigenvalue weighted by Gasteiger charge is 2.27. The third-order valence-corrected chi connectivity index (χ3v) is 3.81. The number of aryl methyl sites for hydroxylation is 1. The number of aliphatic hydroxyl groups is 1. The lowest BCUT2D eigenvalue weighted by Crippen LogP contribution is -2.40. The van der Waals surface area contributed by atoms with Crippen molar-refractivity contribution in [3.8, 4) is 5.75 Å². The van der Waals surface area contributed by atoms with Crippen molar-refractivity contribution in [2.45, 2.75) is 38.6 Å². The Morgan fingerprint density at radius 1 is 1.37 bits per heavy atom. The van der Waals surface area contributed by atoms with Gasteiger partial charge in [-0.2, -0.15) is 0 Å². The van der Waals surface area contributed by atoms with Crippen molar-refractivity contribution >= 4 is 5.91 Å². The van der Waals surface area contributed by atoms with Crippen LogP contribution in [0.1, 0.15) is 41.6 Å². The molecule has 2 rings (SSSR count). The first-order chi connectivity index (χ1) is 9.13. The van der Waals surface area contributed by atoms with E-state index in [1.807, 2.05) is 0 Å². The van der Waals surface area contributed by atoms with E-state index >= 15 is 0 Å². The van der Waals surface area contributed by atoms with Crippen LogP contribution in [0.15, 0.2) is 18.2 Å². The number of hydrogen-bond donors (Lipinski definition) is 2. The number of aliphatic hydroxyl groups excluding tert-OH is 1. The average Bonchev–Trinajstić information content (AvgIpc) is 2.92. The van der Waals surface area contributed by atoms with Crippen LogP contribution in [0, 0.1) is 6.92 Å². The van der Waals surface area contributed by atoms with E-state index in [4.69, 9.17) is 5.11 Å². The highest BCUT2D eigenvalue weighted by Crippen LogP contribution is 2.25. The Hall–Kier alpha value is -1.55. The molecule has 0 aliphatic heterocycles. The SMILES string of the molecule is Cc1cc(C(=O)N(CCO)C2CCCC2)ccc1O. The molecule has 0 atom stereocenters. The summed E-state index contributed by atoms with van der Waals surface area (Å²) in [5, 5.41) is 18.7. The zero-order chi connectivity index (χ0) is 13.8. The second-order valence-corrected chi connectivity index (χ2v) is 5.16. The summed E-state index contributed by atoms with van der Waals surface area (Å²) < 4.78 is 0. The molecule has 0 spiro atoms. The van der Waals surface area contributed by atoms with Crippen molar-refractivity contribution in [2.75, 3.05) is 13.2 Å². The molecule has 0 saturated heterocycles. The largest absolute Gasteiger partial charge is 0.508 e. The quantitative estimate of drug-likeness (QED) is 0.874. The van der Waals surface area contributed by atoms with E-state index in [0.717, 1.165) is 25.7 Å². The maximum absolute atomic E-state index is 12.5. The van der Waals surface area contributed by atoms with Crippen molar-refractivity contribution in [2.24, 2.45) is 0 Å². The van der Waals surface area contributed by atoms with E-state index in [-0.39, 0.29) is 24.3 Å². The predicted molar refractivity (Wildman–Crippen MR) is 73.2 cm³/mol. The number of phenols is 1. The van der Waals surface area contributed by atoms with Gasteiger partial charge in [0.1, 0.15) is 5.75 Å². The highest BCUT2D eigenvalue weighted by molar-refractivity contribution is 5.94. The van der Waals surface area contributed by atoms with Gasteiger partial charge in [0, 0.05) is 18.2 Å². The summed E-state index contributed by atoms with van der Waals surface area (Å²) >= 11 is 0. The minimum atomic E-state index is -0.0518. The molecule has 4 heteroatoms. The molecule has 19 heavy (non-hydrogen) atoms. The number of carbonyl (C=O) groups excluding carboxylic acids is 1. The number of phenolic OH excluding ortho intramolecular Hbond substituents is 1. The fourth-order valence-corrected chi connectivity index (χ4v) is 2.73. The van der Waals surface area contributed by atoms with Crippen LogP contribution in [-0.2, 0) is 0 Å². The maximum Gasteiger partial charge on any atom is 0.254 e. The molecule has 1 aliphatic carbocycles. The van der Waals surface area contributed by atoms with E-state index in [2.05, 4.69) is 0 Å². The Labute approximate surface area is 113 Å². The Bertz CT molecular complexity index is 453. The van der Waals surface area contributed by atoms with Crippen LogP contribution in [0.25, 0.3) is 0 Å². The van der Waals surface area contributed by atoms with Gasteiger partial charge in [0.2, 0.25) is 0 Å². The zero-order valence-corrected chi connectivity index (χ0v) is 11.3. The number of rotatable bonds is 4. The van der Waals surface area contributed by atoms with Gasteiger partial charge in [-0.25, -0.2) is 0 Å². The topological polar surface area (TPSA) is 60.8 Å². The Morgan fingerprint density at radius 2 is 2.05 bits per heavy atom. The van der Waals surface area contributed by atoms with Gasteiger partial charge in [-0.15, -0.1) is 0 Å². The Kier molecular flexibility index (Phi) is 4.43. The van der Waals surface area contributed by atoms with Gasteiger partial charge in [0.15, 0.2) is 0 Å². The minimum absolute atomic E-state index is 0.0146. The molecule has 1 saturated carbocycles. The second kappa shape index (κ2) is 6.06. The van der Waals surface area contributed by atoms with Crippen molar-refractivity contribution in [3.05, 3.63) is 29.3 Å². The molecule has 0 unspecified atom stereocenters. The van der Waals surface area contributed by atoms with Crippen LogP contribution in [0.4, 0.5) is 0 Å². The predicted octanol–water partition coefficient (Wildman–Crippen LogP) is 2.08. The molecular formula is C15H21NO3. The van der Waals surface area contributed by atoms with Gasteiger partial charge in [-0.05, 0) is 43.5 Å². The molecule has 4 nitrogen and oxygen atoms in total. The number of amides is 1. The van der Waals surface area contributed by atoms with Crippen molar-refractivity contribution < 1.29 is 15.0 Å². The Morgan fingerprint density at radius 3 is 2.63 bits per heavy atom. The van der Waals surface area contributed by atoms with Crippen LogP contribution < -0.4 is 0 Å². The molecule has 0 radical (unpaired) electrons. The number of benzene rings is 1. The summed E-state index contributed by atoms with van der Waals surface area (Å²) in [5.41, 5.74) is 1.27. The second-order valence-electron chi connectivity index (χ2n) is 5.16. The third-order valence-electron chi connectivity index (χ3n) is 3.81. The first kappa shape index (κ1) is 13.9. The molecule has 1 amide bonds. The van der Waals surface area contributed by atoms with Gasteiger partial charge >= 0.3 is 0 Å². The molecule has 0 bridgehead atoms. The molecule has 0 aromatic heterocycles. The smallest absolute Gasteiger partial charge is 0.254 e. The molecule has 1 aliphatic rings.